The van der Waals surface area contributed by atoms with Gasteiger partial charge in [0.2, 0.25) is 17.7 Å². The number of hydrogen-bond acceptors (Lipinski definition) is 6. The highest BCUT2D eigenvalue weighted by atomic mass is 16.3. The molecule has 3 atom stereocenters. The maximum Gasteiger partial charge on any atom is 0.242 e. The Balaban J connectivity index is 1.77. The van der Waals surface area contributed by atoms with E-state index in [-0.39, 0.29) is 42.0 Å². The van der Waals surface area contributed by atoms with Crippen molar-refractivity contribution in [1.82, 2.24) is 20.9 Å². The van der Waals surface area contributed by atoms with E-state index in [1.807, 2.05) is 30.9 Å². The van der Waals surface area contributed by atoms with Crippen molar-refractivity contribution in [3.05, 3.63) is 42.1 Å². The lowest BCUT2D eigenvalue weighted by molar-refractivity contribution is -0.129. The van der Waals surface area contributed by atoms with E-state index >= 15 is 0 Å². The third-order valence-corrected chi connectivity index (χ3v) is 5.89. The van der Waals surface area contributed by atoms with Crippen LogP contribution in [-0.4, -0.2) is 65.5 Å². The van der Waals surface area contributed by atoms with Gasteiger partial charge in [0.05, 0.1) is 12.6 Å². The van der Waals surface area contributed by atoms with Crippen molar-refractivity contribution >= 4 is 17.7 Å². The van der Waals surface area contributed by atoms with Crippen LogP contribution in [0.25, 0.3) is 0 Å². The third kappa shape index (κ3) is 8.37. The van der Waals surface area contributed by atoms with Gasteiger partial charge in [0, 0.05) is 18.8 Å². The molecular weight excluding hydrogens is 434 g/mol. The van der Waals surface area contributed by atoms with Crippen molar-refractivity contribution in [3.8, 4) is 5.75 Å². The molecule has 0 spiro atoms. The number of benzene rings is 1. The van der Waals surface area contributed by atoms with Crippen LogP contribution in [0.3, 0.4) is 0 Å². The molecule has 0 aromatic heterocycles. The second-order valence-electron chi connectivity index (χ2n) is 9.31. The van der Waals surface area contributed by atoms with Crippen LogP contribution >= 0.6 is 0 Å². The number of nitrogens with zero attached hydrogens (tertiary/aromatic N) is 1. The van der Waals surface area contributed by atoms with Crippen molar-refractivity contribution in [2.24, 2.45) is 11.7 Å². The second kappa shape index (κ2) is 13.0. The zero-order valence-corrected chi connectivity index (χ0v) is 20.5. The zero-order chi connectivity index (χ0) is 25.3. The van der Waals surface area contributed by atoms with Gasteiger partial charge < -0.3 is 31.7 Å². The van der Waals surface area contributed by atoms with Crippen LogP contribution in [0.5, 0.6) is 5.75 Å². The van der Waals surface area contributed by atoms with Crippen LogP contribution in [0.4, 0.5) is 0 Å². The number of likely N-dealkylation sites (tertiary alicyclic amines) is 1. The van der Waals surface area contributed by atoms with Crippen LogP contribution in [-0.2, 0) is 20.8 Å². The van der Waals surface area contributed by atoms with Crippen molar-refractivity contribution in [2.75, 3.05) is 19.6 Å². The molecule has 0 bridgehead atoms. The van der Waals surface area contributed by atoms with Gasteiger partial charge in [-0.2, -0.15) is 0 Å². The minimum Gasteiger partial charge on any atom is -0.508 e. The van der Waals surface area contributed by atoms with E-state index in [1.54, 1.807) is 19.1 Å². The molecule has 9 heteroatoms. The SMILES string of the molecule is C=C(CNC(=O)[C@H](C)NC(=O)[C@@H](N)CC(C)C)N1CCC[C@H]1C(=O)NCCc1ccc(O)cc1. The molecule has 188 valence electrons. The molecule has 0 saturated carbocycles. The average molecular weight is 474 g/mol. The Morgan fingerprint density at radius 1 is 1.15 bits per heavy atom. The number of nitrogens with two attached hydrogens (primary N) is 1. The average Bonchev–Trinajstić information content (AvgIpc) is 3.28. The van der Waals surface area contributed by atoms with Gasteiger partial charge in [-0.25, -0.2) is 0 Å². The minimum absolute atomic E-state index is 0.0662. The lowest BCUT2D eigenvalue weighted by Crippen LogP contribution is -2.51. The molecule has 1 aromatic carbocycles. The van der Waals surface area contributed by atoms with Gasteiger partial charge in [-0.15, -0.1) is 0 Å². The first-order valence-electron chi connectivity index (χ1n) is 11.9. The van der Waals surface area contributed by atoms with Crippen molar-refractivity contribution < 1.29 is 19.5 Å². The number of carbonyl (C=O) groups is 3. The summed E-state index contributed by atoms with van der Waals surface area (Å²) >= 11 is 0. The molecule has 0 aliphatic carbocycles. The summed E-state index contributed by atoms with van der Waals surface area (Å²) in [6.45, 7) is 11.0. The topological polar surface area (TPSA) is 137 Å². The summed E-state index contributed by atoms with van der Waals surface area (Å²) in [6.07, 6.45) is 2.80. The first kappa shape index (κ1) is 27.2. The van der Waals surface area contributed by atoms with Gasteiger partial charge in [-0.05, 0) is 56.2 Å². The summed E-state index contributed by atoms with van der Waals surface area (Å²) in [5, 5.41) is 17.8. The van der Waals surface area contributed by atoms with E-state index in [9.17, 15) is 19.5 Å². The lowest BCUT2D eigenvalue weighted by Gasteiger charge is -2.28. The Hall–Kier alpha value is -3.07. The lowest BCUT2D eigenvalue weighted by atomic mass is 10.0. The van der Waals surface area contributed by atoms with Gasteiger partial charge >= 0.3 is 0 Å². The number of phenolic OH excluding ortho intramolecular Hbond substituents is 1. The van der Waals surface area contributed by atoms with Crippen molar-refractivity contribution in [3.63, 3.8) is 0 Å². The number of aromatic hydroxyl groups is 1. The number of rotatable bonds is 12. The van der Waals surface area contributed by atoms with Crippen molar-refractivity contribution in [2.45, 2.75) is 64.6 Å². The fraction of sp³-hybridized carbons (Fsp3) is 0.560. The predicted molar refractivity (Wildman–Crippen MR) is 132 cm³/mol. The highest BCUT2D eigenvalue weighted by Crippen LogP contribution is 2.21. The molecular formula is C25H39N5O4. The quantitative estimate of drug-likeness (QED) is 0.307. The maximum absolute atomic E-state index is 12.7. The van der Waals surface area contributed by atoms with Gasteiger partial charge in [-0.3, -0.25) is 14.4 Å². The smallest absolute Gasteiger partial charge is 0.242 e. The summed E-state index contributed by atoms with van der Waals surface area (Å²) in [4.78, 5) is 39.2. The number of phenols is 1. The Labute approximate surface area is 202 Å². The van der Waals surface area contributed by atoms with E-state index in [4.69, 9.17) is 5.73 Å². The minimum atomic E-state index is -0.726. The third-order valence-electron chi connectivity index (χ3n) is 5.89. The summed E-state index contributed by atoms with van der Waals surface area (Å²) in [7, 11) is 0. The van der Waals surface area contributed by atoms with Crippen LogP contribution in [0.2, 0.25) is 0 Å². The molecule has 2 rings (SSSR count). The van der Waals surface area contributed by atoms with E-state index < -0.39 is 12.1 Å². The fourth-order valence-electron chi connectivity index (χ4n) is 3.97. The van der Waals surface area contributed by atoms with Gasteiger partial charge in [0.15, 0.2) is 0 Å². The van der Waals surface area contributed by atoms with Crippen LogP contribution in [0.15, 0.2) is 36.5 Å². The highest BCUT2D eigenvalue weighted by Gasteiger charge is 2.31. The monoisotopic (exact) mass is 473 g/mol. The van der Waals surface area contributed by atoms with Crippen LogP contribution in [0, 0.1) is 5.92 Å². The van der Waals surface area contributed by atoms with E-state index in [1.165, 1.54) is 0 Å². The van der Waals surface area contributed by atoms with Gasteiger partial charge in [0.25, 0.3) is 0 Å². The molecule has 1 aliphatic rings. The first-order chi connectivity index (χ1) is 16.1. The Morgan fingerprint density at radius 2 is 1.82 bits per heavy atom. The molecule has 1 heterocycles. The summed E-state index contributed by atoms with van der Waals surface area (Å²) < 4.78 is 0. The molecule has 1 aliphatic heterocycles. The highest BCUT2D eigenvalue weighted by molar-refractivity contribution is 5.89. The molecule has 1 saturated heterocycles. The largest absolute Gasteiger partial charge is 0.508 e. The number of hydrogen-bond donors (Lipinski definition) is 5. The first-order valence-corrected chi connectivity index (χ1v) is 11.9. The maximum atomic E-state index is 12.7. The van der Waals surface area contributed by atoms with E-state index in [0.29, 0.717) is 31.6 Å². The molecule has 34 heavy (non-hydrogen) atoms. The zero-order valence-electron chi connectivity index (χ0n) is 20.5. The number of nitrogens with one attached hydrogen (secondary N) is 3. The summed E-state index contributed by atoms with van der Waals surface area (Å²) in [5.74, 6) is -0.249. The molecule has 0 radical (unpaired) electrons. The van der Waals surface area contributed by atoms with Gasteiger partial charge in [0.1, 0.15) is 17.8 Å². The molecule has 3 amide bonds. The fourth-order valence-corrected chi connectivity index (χ4v) is 3.97. The molecule has 1 fully saturated rings. The Bertz CT molecular complexity index is 855. The molecule has 1 aromatic rings. The van der Waals surface area contributed by atoms with Gasteiger partial charge in [-0.1, -0.05) is 32.6 Å². The number of amides is 3. The molecule has 6 N–H and O–H groups in total. The predicted octanol–water partition coefficient (Wildman–Crippen LogP) is 1.02. The van der Waals surface area contributed by atoms with E-state index in [0.717, 1.165) is 18.4 Å². The Kier molecular flexibility index (Phi) is 10.4. The van der Waals surface area contributed by atoms with Crippen molar-refractivity contribution in [1.29, 1.82) is 0 Å². The standard InChI is InChI=1S/C25H39N5O4/c1-16(2)14-21(26)24(33)29-18(4)23(32)28-15-17(3)30-13-5-6-22(30)25(34)27-12-11-19-7-9-20(31)10-8-19/h7-10,16,18,21-22,31H,3,5-6,11-15,26H2,1-2,4H3,(H,27,34)(H,28,32)(H,29,33)/t18-,21-,22-/m0/s1. The summed E-state index contributed by atoms with van der Waals surface area (Å²) in [5.41, 5.74) is 7.56. The van der Waals surface area contributed by atoms with Crippen LogP contribution in [0.1, 0.15) is 45.6 Å². The summed E-state index contributed by atoms with van der Waals surface area (Å²) in [6, 6.07) is 5.21. The molecule has 9 nitrogen and oxygen atoms in total. The number of carbonyl (C=O) groups excluding carboxylic acids is 3. The second-order valence-corrected chi connectivity index (χ2v) is 9.31. The Morgan fingerprint density at radius 3 is 2.47 bits per heavy atom. The molecule has 0 unspecified atom stereocenters. The van der Waals surface area contributed by atoms with E-state index in [2.05, 4.69) is 22.5 Å². The normalized spacial score (nSPS) is 17.2. The van der Waals surface area contributed by atoms with Crippen LogP contribution < -0.4 is 21.7 Å².